The minimum absolute atomic E-state index is 0.171. The topological polar surface area (TPSA) is 99.7 Å². The minimum Gasteiger partial charge on any atom is -0.475 e. The predicted octanol–water partition coefficient (Wildman–Crippen LogP) is 4.96. The van der Waals surface area contributed by atoms with Gasteiger partial charge < -0.3 is 19.4 Å². The fourth-order valence-corrected chi connectivity index (χ4v) is 7.26. The van der Waals surface area contributed by atoms with Gasteiger partial charge in [-0.05, 0) is 62.4 Å². The van der Waals surface area contributed by atoms with E-state index in [4.69, 9.17) is 9.72 Å². The lowest BCUT2D eigenvalue weighted by Gasteiger charge is -2.43. The Morgan fingerprint density at radius 1 is 1.07 bits per heavy atom. The largest absolute Gasteiger partial charge is 0.475 e. The maximum Gasteiger partial charge on any atom is 0.246 e. The van der Waals surface area contributed by atoms with Crippen molar-refractivity contribution in [3.63, 3.8) is 0 Å². The van der Waals surface area contributed by atoms with E-state index in [-0.39, 0.29) is 18.4 Å². The number of ether oxygens (including phenoxy) is 1. The number of carbonyl (C=O) groups is 1. The van der Waals surface area contributed by atoms with E-state index in [1.807, 2.05) is 0 Å². The number of pyridine rings is 1. The first-order chi connectivity index (χ1) is 22.0. The van der Waals surface area contributed by atoms with Crippen molar-refractivity contribution in [2.45, 2.75) is 51.6 Å². The molecule has 45 heavy (non-hydrogen) atoms. The summed E-state index contributed by atoms with van der Waals surface area (Å²) >= 11 is 0. The number of hydrogen-bond donors (Lipinski definition) is 0. The Morgan fingerprint density at radius 3 is 2.62 bits per heavy atom. The van der Waals surface area contributed by atoms with Gasteiger partial charge in [-0.2, -0.15) is 10.5 Å². The number of rotatable bonds is 8. The quantitative estimate of drug-likeness (QED) is 0.333. The van der Waals surface area contributed by atoms with E-state index < -0.39 is 0 Å². The number of nitriles is 2. The second kappa shape index (κ2) is 13.6. The summed E-state index contributed by atoms with van der Waals surface area (Å²) in [5.74, 6) is 0.204. The number of amides is 1. The van der Waals surface area contributed by atoms with Crippen LogP contribution < -0.4 is 14.5 Å². The summed E-state index contributed by atoms with van der Waals surface area (Å²) in [4.78, 5) is 26.4. The maximum absolute atomic E-state index is 12.6. The molecule has 232 valence electrons. The standard InChI is InChI=1S/C36H41N7O2/c1-3-33(44)43-20-19-42(24-28(43)13-15-37)35-29-14-18-41(32-12-8-11-27-10-7-9-26(2)34(27)32)25-31(29)39-36(30(35)23-38)45-22-21-40-16-5-4-6-17-40/h3,7-12,28H,1,4-6,13-14,16-22,24-25H2,2H3. The van der Waals surface area contributed by atoms with Crippen LogP contribution >= 0.6 is 0 Å². The third-order valence-corrected chi connectivity index (χ3v) is 9.52. The summed E-state index contributed by atoms with van der Waals surface area (Å²) in [6, 6.07) is 17.3. The van der Waals surface area contributed by atoms with Crippen molar-refractivity contribution in [1.82, 2.24) is 14.8 Å². The third-order valence-electron chi connectivity index (χ3n) is 9.52. The molecule has 0 aliphatic carbocycles. The Bertz CT molecular complexity index is 1660. The number of likely N-dealkylation sites (tertiary alicyclic amines) is 1. The van der Waals surface area contributed by atoms with Gasteiger partial charge in [-0.25, -0.2) is 4.98 Å². The molecular formula is C36H41N7O2. The van der Waals surface area contributed by atoms with E-state index in [1.165, 1.54) is 47.4 Å². The van der Waals surface area contributed by atoms with Crippen LogP contribution in [-0.4, -0.2) is 79.2 Å². The molecule has 0 saturated carbocycles. The molecule has 1 aromatic heterocycles. The maximum atomic E-state index is 12.6. The number of nitrogens with zero attached hydrogens (tertiary/aromatic N) is 7. The van der Waals surface area contributed by atoms with E-state index in [1.54, 1.807) is 4.90 Å². The molecule has 2 aromatic carbocycles. The summed E-state index contributed by atoms with van der Waals surface area (Å²) in [5, 5.41) is 22.6. The highest BCUT2D eigenvalue weighted by Crippen LogP contribution is 2.40. The van der Waals surface area contributed by atoms with Crippen LogP contribution in [0.1, 0.15) is 48.1 Å². The van der Waals surface area contributed by atoms with Gasteiger partial charge in [-0.1, -0.05) is 43.3 Å². The fourth-order valence-electron chi connectivity index (χ4n) is 7.26. The van der Waals surface area contributed by atoms with Crippen LogP contribution in [0.15, 0.2) is 49.1 Å². The molecular weight excluding hydrogens is 562 g/mol. The molecule has 0 N–H and O–H groups in total. The second-order valence-corrected chi connectivity index (χ2v) is 12.2. The van der Waals surface area contributed by atoms with Gasteiger partial charge in [-0.3, -0.25) is 9.69 Å². The van der Waals surface area contributed by atoms with Crippen LogP contribution in [0.3, 0.4) is 0 Å². The Kier molecular flexibility index (Phi) is 9.18. The summed E-state index contributed by atoms with van der Waals surface area (Å²) in [6.45, 7) is 12.1. The first-order valence-electron chi connectivity index (χ1n) is 16.1. The highest BCUT2D eigenvalue weighted by atomic mass is 16.5. The van der Waals surface area contributed by atoms with Gasteiger partial charge in [0.05, 0.1) is 36.5 Å². The number of fused-ring (bicyclic) bond motifs is 2. The Balaban J connectivity index is 1.37. The van der Waals surface area contributed by atoms with Gasteiger partial charge >= 0.3 is 0 Å². The molecule has 2 fully saturated rings. The number of benzene rings is 2. The van der Waals surface area contributed by atoms with Crippen molar-refractivity contribution in [2.75, 3.05) is 62.2 Å². The molecule has 0 radical (unpaired) electrons. The summed E-state index contributed by atoms with van der Waals surface area (Å²) in [7, 11) is 0. The van der Waals surface area contributed by atoms with Crippen LogP contribution in [0, 0.1) is 29.6 Å². The van der Waals surface area contributed by atoms with Gasteiger partial charge in [0.15, 0.2) is 0 Å². The van der Waals surface area contributed by atoms with Crippen molar-refractivity contribution in [1.29, 1.82) is 10.5 Å². The number of carbonyl (C=O) groups excluding carboxylic acids is 1. The first kappa shape index (κ1) is 30.4. The third kappa shape index (κ3) is 6.18. The van der Waals surface area contributed by atoms with Gasteiger partial charge in [-0.15, -0.1) is 0 Å². The van der Waals surface area contributed by atoms with Crippen LogP contribution in [0.25, 0.3) is 10.8 Å². The smallest absolute Gasteiger partial charge is 0.246 e. The normalized spacial score (nSPS) is 18.6. The van der Waals surface area contributed by atoms with Gasteiger partial charge in [0, 0.05) is 49.4 Å². The number of hydrogen-bond acceptors (Lipinski definition) is 8. The molecule has 1 atom stereocenters. The molecule has 6 rings (SSSR count). The lowest BCUT2D eigenvalue weighted by Crippen LogP contribution is -2.55. The van der Waals surface area contributed by atoms with Crippen molar-refractivity contribution >= 4 is 28.1 Å². The molecule has 3 aliphatic rings. The molecule has 9 nitrogen and oxygen atoms in total. The zero-order valence-corrected chi connectivity index (χ0v) is 26.2. The molecule has 4 heterocycles. The number of piperidine rings is 1. The number of anilines is 2. The minimum atomic E-state index is -0.299. The highest BCUT2D eigenvalue weighted by molar-refractivity contribution is 5.97. The van der Waals surface area contributed by atoms with E-state index in [0.29, 0.717) is 44.2 Å². The van der Waals surface area contributed by atoms with Crippen LogP contribution in [-0.2, 0) is 17.8 Å². The van der Waals surface area contributed by atoms with E-state index in [0.717, 1.165) is 49.5 Å². The molecule has 2 saturated heterocycles. The molecule has 3 aromatic rings. The molecule has 1 amide bonds. The van der Waals surface area contributed by atoms with E-state index in [2.05, 4.69) is 76.7 Å². The monoisotopic (exact) mass is 603 g/mol. The van der Waals surface area contributed by atoms with E-state index >= 15 is 0 Å². The number of aryl methyl sites for hydroxylation is 1. The molecule has 9 heteroatoms. The number of piperazine rings is 1. The van der Waals surface area contributed by atoms with Crippen molar-refractivity contribution in [3.05, 3.63) is 71.4 Å². The summed E-state index contributed by atoms with van der Waals surface area (Å²) in [5.41, 5.74) is 5.68. The lowest BCUT2D eigenvalue weighted by atomic mass is 9.95. The lowest BCUT2D eigenvalue weighted by molar-refractivity contribution is -0.128. The average Bonchev–Trinajstić information content (AvgIpc) is 3.07. The fraction of sp³-hybridized carbons (Fsp3) is 0.444. The number of aromatic nitrogens is 1. The van der Waals surface area contributed by atoms with Crippen molar-refractivity contribution < 1.29 is 9.53 Å². The summed E-state index contributed by atoms with van der Waals surface area (Å²) in [6.07, 6.45) is 5.93. The zero-order valence-electron chi connectivity index (χ0n) is 26.2. The second-order valence-electron chi connectivity index (χ2n) is 12.2. The molecule has 1 unspecified atom stereocenters. The van der Waals surface area contributed by atoms with Crippen molar-refractivity contribution in [2.24, 2.45) is 0 Å². The first-order valence-corrected chi connectivity index (χ1v) is 16.1. The Hall–Kier alpha value is -4.60. The predicted molar refractivity (Wildman–Crippen MR) is 176 cm³/mol. The van der Waals surface area contributed by atoms with Crippen molar-refractivity contribution in [3.8, 4) is 18.0 Å². The van der Waals surface area contributed by atoms with Gasteiger partial charge in [0.1, 0.15) is 18.2 Å². The van der Waals surface area contributed by atoms with Crippen LogP contribution in [0.2, 0.25) is 0 Å². The van der Waals surface area contributed by atoms with Gasteiger partial charge in [0.25, 0.3) is 0 Å². The Labute approximate surface area is 265 Å². The summed E-state index contributed by atoms with van der Waals surface area (Å²) < 4.78 is 6.36. The van der Waals surface area contributed by atoms with Gasteiger partial charge in [0.2, 0.25) is 11.8 Å². The Morgan fingerprint density at radius 2 is 1.87 bits per heavy atom. The molecule has 3 aliphatic heterocycles. The zero-order chi connectivity index (χ0) is 31.3. The average molecular weight is 604 g/mol. The van der Waals surface area contributed by atoms with E-state index in [9.17, 15) is 15.3 Å². The van der Waals surface area contributed by atoms with Crippen LogP contribution in [0.5, 0.6) is 5.88 Å². The molecule has 0 spiro atoms. The van der Waals surface area contributed by atoms with Crippen LogP contribution in [0.4, 0.5) is 11.4 Å². The highest BCUT2D eigenvalue weighted by Gasteiger charge is 2.35. The SMILES string of the molecule is C=CC(=O)N1CCN(c2c(C#N)c(OCCN3CCCCC3)nc3c2CCN(c2cccc4cccc(C)c24)C3)CC1CC#N. The molecule has 0 bridgehead atoms.